The van der Waals surface area contributed by atoms with Crippen molar-refractivity contribution in [3.63, 3.8) is 0 Å². The Kier molecular flexibility index (Phi) is 4.33. The van der Waals surface area contributed by atoms with Crippen LogP contribution in [0.15, 0.2) is 24.3 Å². The zero-order chi connectivity index (χ0) is 13.1. The molecule has 0 bridgehead atoms. The average Bonchev–Trinajstić information content (AvgIpc) is 2.15. The number of benzene rings is 1. The first-order valence-corrected chi connectivity index (χ1v) is 6.12. The summed E-state index contributed by atoms with van der Waals surface area (Å²) in [7, 11) is 0. The predicted molar refractivity (Wildman–Crippen MR) is 70.3 cm³/mol. The summed E-state index contributed by atoms with van der Waals surface area (Å²) in [5, 5.41) is 8.88. The first-order chi connectivity index (χ1) is 7.81. The van der Waals surface area contributed by atoms with E-state index in [9.17, 15) is 4.79 Å². The van der Waals surface area contributed by atoms with Crippen molar-refractivity contribution in [2.24, 2.45) is 5.92 Å². The molecule has 2 nitrogen and oxygen atoms in total. The molecular weight excluding hydrogens is 212 g/mol. The summed E-state index contributed by atoms with van der Waals surface area (Å²) in [6.07, 6.45) is 1.23. The van der Waals surface area contributed by atoms with Crippen LogP contribution in [0.4, 0.5) is 0 Å². The maximum atomic E-state index is 10.8. The lowest BCUT2D eigenvalue weighted by molar-refractivity contribution is -0.138. The molecule has 0 saturated carbocycles. The monoisotopic (exact) mass is 234 g/mol. The third-order valence-electron chi connectivity index (χ3n) is 2.97. The number of carbonyl (C=O) groups is 1. The van der Waals surface area contributed by atoms with Crippen LogP contribution in [0.2, 0.25) is 0 Å². The van der Waals surface area contributed by atoms with Gasteiger partial charge in [-0.3, -0.25) is 4.79 Å². The highest BCUT2D eigenvalue weighted by molar-refractivity contribution is 5.68. The van der Waals surface area contributed by atoms with Crippen LogP contribution in [0, 0.1) is 5.92 Å². The normalized spacial score (nSPS) is 11.8. The minimum atomic E-state index is -0.749. The Morgan fingerprint density at radius 3 is 2.18 bits per heavy atom. The molecule has 1 aromatic rings. The molecule has 0 amide bonds. The second kappa shape index (κ2) is 5.35. The van der Waals surface area contributed by atoms with Crippen molar-refractivity contribution in [3.05, 3.63) is 35.4 Å². The Hall–Kier alpha value is -1.31. The van der Waals surface area contributed by atoms with Gasteiger partial charge in [-0.1, -0.05) is 52.0 Å². The molecule has 0 spiro atoms. The highest BCUT2D eigenvalue weighted by Crippen LogP contribution is 2.27. The van der Waals surface area contributed by atoms with E-state index >= 15 is 0 Å². The van der Waals surface area contributed by atoms with Gasteiger partial charge in [-0.05, 0) is 23.5 Å². The van der Waals surface area contributed by atoms with Crippen molar-refractivity contribution >= 4 is 5.97 Å². The van der Waals surface area contributed by atoms with Gasteiger partial charge in [0.15, 0.2) is 0 Å². The molecule has 0 heterocycles. The third-order valence-corrected chi connectivity index (χ3v) is 2.97. The first kappa shape index (κ1) is 13.8. The molecule has 0 radical (unpaired) electrons. The number of hydrogen-bond donors (Lipinski definition) is 1. The van der Waals surface area contributed by atoms with Gasteiger partial charge in [0.1, 0.15) is 0 Å². The second-order valence-electron chi connectivity index (χ2n) is 5.75. The van der Waals surface area contributed by atoms with Crippen LogP contribution in [0.3, 0.4) is 0 Å². The molecule has 1 rings (SSSR count). The van der Waals surface area contributed by atoms with Gasteiger partial charge in [-0.25, -0.2) is 0 Å². The van der Waals surface area contributed by atoms with E-state index in [-0.39, 0.29) is 11.8 Å². The van der Waals surface area contributed by atoms with Gasteiger partial charge in [-0.15, -0.1) is 0 Å². The molecular formula is C15H22O2. The van der Waals surface area contributed by atoms with E-state index in [2.05, 4.69) is 38.1 Å². The van der Waals surface area contributed by atoms with Crippen molar-refractivity contribution in [2.45, 2.75) is 46.0 Å². The lowest BCUT2D eigenvalue weighted by Gasteiger charge is -2.23. The van der Waals surface area contributed by atoms with Crippen LogP contribution in [0.5, 0.6) is 0 Å². The van der Waals surface area contributed by atoms with Gasteiger partial charge >= 0.3 is 5.97 Å². The molecule has 94 valence electrons. The molecule has 0 aliphatic rings. The molecule has 0 saturated heterocycles. The van der Waals surface area contributed by atoms with Crippen molar-refractivity contribution < 1.29 is 9.90 Å². The van der Waals surface area contributed by atoms with Crippen molar-refractivity contribution in [1.82, 2.24) is 0 Å². The number of rotatable bonds is 5. The Bertz CT molecular complexity index is 374. The number of carboxylic acids is 1. The molecule has 2 heteroatoms. The van der Waals surface area contributed by atoms with Crippen LogP contribution in [0.1, 0.15) is 45.2 Å². The van der Waals surface area contributed by atoms with Gasteiger partial charge in [0.05, 0.1) is 6.42 Å². The van der Waals surface area contributed by atoms with Gasteiger partial charge in [0.25, 0.3) is 0 Å². The van der Waals surface area contributed by atoms with Crippen molar-refractivity contribution in [2.75, 3.05) is 0 Å². The average molecular weight is 234 g/mol. The highest BCUT2D eigenvalue weighted by Gasteiger charge is 2.23. The topological polar surface area (TPSA) is 37.3 Å². The molecule has 0 atom stereocenters. The molecule has 0 aromatic heterocycles. The minimum Gasteiger partial charge on any atom is -0.481 e. The van der Waals surface area contributed by atoms with E-state index in [0.29, 0.717) is 5.92 Å². The van der Waals surface area contributed by atoms with E-state index in [0.717, 1.165) is 12.0 Å². The Morgan fingerprint density at radius 1 is 1.24 bits per heavy atom. The van der Waals surface area contributed by atoms with Gasteiger partial charge < -0.3 is 5.11 Å². The molecule has 1 aromatic carbocycles. The standard InChI is InChI=1S/C15H22O2/c1-11(2)9-12-5-7-13(8-6-12)15(3,4)10-14(16)17/h5-8,11H,9-10H2,1-4H3,(H,16,17). The first-order valence-electron chi connectivity index (χ1n) is 6.12. The number of aliphatic carboxylic acids is 1. The van der Waals surface area contributed by atoms with E-state index in [1.54, 1.807) is 0 Å². The number of hydrogen-bond acceptors (Lipinski definition) is 1. The van der Waals surface area contributed by atoms with Crippen LogP contribution >= 0.6 is 0 Å². The van der Waals surface area contributed by atoms with Gasteiger partial charge in [-0.2, -0.15) is 0 Å². The minimum absolute atomic E-state index is 0.163. The Morgan fingerprint density at radius 2 is 1.76 bits per heavy atom. The molecule has 17 heavy (non-hydrogen) atoms. The largest absolute Gasteiger partial charge is 0.481 e. The van der Waals surface area contributed by atoms with Gasteiger partial charge in [0, 0.05) is 5.41 Å². The highest BCUT2D eigenvalue weighted by atomic mass is 16.4. The Labute approximate surface area is 104 Å². The van der Waals surface area contributed by atoms with E-state index < -0.39 is 5.97 Å². The zero-order valence-corrected chi connectivity index (χ0v) is 11.2. The quantitative estimate of drug-likeness (QED) is 0.844. The van der Waals surface area contributed by atoms with Gasteiger partial charge in [0.2, 0.25) is 0 Å². The molecule has 0 aliphatic carbocycles. The van der Waals surface area contributed by atoms with Crippen molar-refractivity contribution in [3.8, 4) is 0 Å². The smallest absolute Gasteiger partial charge is 0.304 e. The van der Waals surface area contributed by atoms with Crippen LogP contribution in [-0.2, 0) is 16.6 Å². The van der Waals surface area contributed by atoms with Crippen LogP contribution in [-0.4, -0.2) is 11.1 Å². The lowest BCUT2D eigenvalue weighted by Crippen LogP contribution is -2.21. The fraction of sp³-hybridized carbons (Fsp3) is 0.533. The van der Waals surface area contributed by atoms with E-state index in [1.807, 2.05) is 13.8 Å². The number of carboxylic acid groups (broad SMARTS) is 1. The lowest BCUT2D eigenvalue weighted by atomic mass is 9.81. The zero-order valence-electron chi connectivity index (χ0n) is 11.2. The molecule has 0 unspecified atom stereocenters. The SMILES string of the molecule is CC(C)Cc1ccc(C(C)(C)CC(=O)O)cc1. The molecule has 0 fully saturated rings. The summed E-state index contributed by atoms with van der Waals surface area (Å²) in [6.45, 7) is 8.34. The second-order valence-corrected chi connectivity index (χ2v) is 5.75. The van der Waals surface area contributed by atoms with Crippen LogP contribution < -0.4 is 0 Å². The Balaban J connectivity index is 2.82. The molecule has 1 N–H and O–H groups in total. The van der Waals surface area contributed by atoms with E-state index in [1.165, 1.54) is 5.56 Å². The maximum Gasteiger partial charge on any atom is 0.304 e. The predicted octanol–water partition coefficient (Wildman–Crippen LogP) is 3.64. The summed E-state index contributed by atoms with van der Waals surface area (Å²) in [5.41, 5.74) is 2.10. The third kappa shape index (κ3) is 4.22. The summed E-state index contributed by atoms with van der Waals surface area (Å²) >= 11 is 0. The van der Waals surface area contributed by atoms with E-state index in [4.69, 9.17) is 5.11 Å². The fourth-order valence-electron chi connectivity index (χ4n) is 2.04. The molecule has 0 aliphatic heterocycles. The summed E-state index contributed by atoms with van der Waals surface area (Å²) in [4.78, 5) is 10.8. The fourth-order valence-corrected chi connectivity index (χ4v) is 2.04. The van der Waals surface area contributed by atoms with Crippen molar-refractivity contribution in [1.29, 1.82) is 0 Å². The summed E-state index contributed by atoms with van der Waals surface area (Å²) in [5.74, 6) is -0.103. The summed E-state index contributed by atoms with van der Waals surface area (Å²) in [6, 6.07) is 8.33. The maximum absolute atomic E-state index is 10.8. The summed E-state index contributed by atoms with van der Waals surface area (Å²) < 4.78 is 0. The van der Waals surface area contributed by atoms with Crippen LogP contribution in [0.25, 0.3) is 0 Å².